The first-order chi connectivity index (χ1) is 11.5. The van der Waals surface area contributed by atoms with Crippen LogP contribution in [0.3, 0.4) is 0 Å². The Hall–Kier alpha value is -2.63. The van der Waals surface area contributed by atoms with Crippen molar-refractivity contribution in [2.75, 3.05) is 6.61 Å². The van der Waals surface area contributed by atoms with E-state index in [0.29, 0.717) is 11.5 Å². The molecule has 1 aromatic carbocycles. The Morgan fingerprint density at radius 1 is 1.25 bits per heavy atom. The van der Waals surface area contributed by atoms with Gasteiger partial charge in [0.05, 0.1) is 5.69 Å². The molecule has 6 nitrogen and oxygen atoms in total. The summed E-state index contributed by atoms with van der Waals surface area (Å²) in [5.41, 5.74) is 1.96. The Kier molecular flexibility index (Phi) is 6.12. The quantitative estimate of drug-likeness (QED) is 0.789. The summed E-state index contributed by atoms with van der Waals surface area (Å²) in [6.07, 6.45) is 1.69. The van der Waals surface area contributed by atoms with Gasteiger partial charge in [0.25, 0.3) is 5.91 Å². The van der Waals surface area contributed by atoms with Crippen LogP contribution in [0, 0.1) is 13.8 Å². The molecule has 0 saturated heterocycles. The van der Waals surface area contributed by atoms with Crippen LogP contribution in [0.15, 0.2) is 34.9 Å². The Balaban J connectivity index is 1.73. The van der Waals surface area contributed by atoms with Crippen LogP contribution in [-0.2, 0) is 16.0 Å². The van der Waals surface area contributed by atoms with Crippen LogP contribution >= 0.6 is 0 Å². The molecular formula is C18H22N2O4. The maximum atomic E-state index is 11.9. The van der Waals surface area contributed by atoms with Crippen molar-refractivity contribution in [3.8, 4) is 0 Å². The first kappa shape index (κ1) is 17.7. The third-order valence-electron chi connectivity index (χ3n) is 3.69. The molecule has 128 valence electrons. The Morgan fingerprint density at radius 3 is 2.58 bits per heavy atom. The van der Waals surface area contributed by atoms with Gasteiger partial charge in [0.15, 0.2) is 6.61 Å². The molecule has 0 spiro atoms. The van der Waals surface area contributed by atoms with E-state index in [1.54, 1.807) is 13.8 Å². The fourth-order valence-corrected chi connectivity index (χ4v) is 2.39. The molecular weight excluding hydrogens is 308 g/mol. The number of benzene rings is 1. The van der Waals surface area contributed by atoms with Crippen molar-refractivity contribution in [3.63, 3.8) is 0 Å². The second-order valence-corrected chi connectivity index (χ2v) is 5.77. The van der Waals surface area contributed by atoms with Crippen molar-refractivity contribution in [1.29, 1.82) is 0 Å². The predicted octanol–water partition coefficient (Wildman–Crippen LogP) is 2.59. The summed E-state index contributed by atoms with van der Waals surface area (Å²) in [6, 6.07) is 10.1. The van der Waals surface area contributed by atoms with Crippen LogP contribution in [0.1, 0.15) is 40.7 Å². The zero-order chi connectivity index (χ0) is 17.5. The average molecular weight is 330 g/mol. The molecule has 1 amide bonds. The minimum Gasteiger partial charge on any atom is -0.452 e. The van der Waals surface area contributed by atoms with Crippen molar-refractivity contribution < 1.29 is 18.8 Å². The van der Waals surface area contributed by atoms with Gasteiger partial charge in [-0.05, 0) is 39.2 Å². The number of carbonyl (C=O) groups is 2. The lowest BCUT2D eigenvalue weighted by atomic mass is 10.1. The largest absolute Gasteiger partial charge is 0.452 e. The van der Waals surface area contributed by atoms with E-state index in [0.717, 1.165) is 12.8 Å². The number of esters is 1. The van der Waals surface area contributed by atoms with Gasteiger partial charge in [0.2, 0.25) is 0 Å². The molecule has 6 heteroatoms. The Morgan fingerprint density at radius 2 is 1.96 bits per heavy atom. The molecule has 0 aliphatic heterocycles. The molecule has 2 rings (SSSR count). The summed E-state index contributed by atoms with van der Waals surface area (Å²) < 4.78 is 9.93. The number of hydrogen-bond acceptors (Lipinski definition) is 5. The molecule has 1 aromatic heterocycles. The molecule has 1 atom stereocenters. The van der Waals surface area contributed by atoms with Crippen LogP contribution in [-0.4, -0.2) is 29.7 Å². The van der Waals surface area contributed by atoms with Crippen LogP contribution in [0.4, 0.5) is 0 Å². The van der Waals surface area contributed by atoms with E-state index in [1.807, 2.05) is 25.1 Å². The van der Waals surface area contributed by atoms with E-state index in [4.69, 9.17) is 9.26 Å². The zero-order valence-electron chi connectivity index (χ0n) is 14.2. The highest BCUT2D eigenvalue weighted by atomic mass is 16.5. The van der Waals surface area contributed by atoms with Crippen molar-refractivity contribution in [1.82, 2.24) is 10.5 Å². The fraction of sp³-hybridized carbons (Fsp3) is 0.389. The number of aromatic nitrogens is 1. The number of nitrogens with zero attached hydrogens (tertiary/aromatic N) is 1. The molecule has 0 aliphatic rings. The summed E-state index contributed by atoms with van der Waals surface area (Å²) in [5.74, 6) is -0.539. The van der Waals surface area contributed by atoms with Crippen LogP contribution < -0.4 is 5.32 Å². The van der Waals surface area contributed by atoms with E-state index in [9.17, 15) is 9.59 Å². The lowest BCUT2D eigenvalue weighted by Crippen LogP contribution is -2.36. The summed E-state index contributed by atoms with van der Waals surface area (Å²) in [7, 11) is 0. The lowest BCUT2D eigenvalue weighted by molar-refractivity contribution is -0.124. The lowest BCUT2D eigenvalue weighted by Gasteiger charge is -2.14. The SMILES string of the molecule is Cc1noc(C)c1C(=O)OCC(=O)N[C@@H](C)CCc1ccccc1. The van der Waals surface area contributed by atoms with Crippen LogP contribution in [0.25, 0.3) is 0 Å². The third kappa shape index (κ3) is 4.94. The predicted molar refractivity (Wildman–Crippen MR) is 88.6 cm³/mol. The number of amides is 1. The number of hydrogen-bond donors (Lipinski definition) is 1. The summed E-state index contributed by atoms with van der Waals surface area (Å²) >= 11 is 0. The first-order valence-electron chi connectivity index (χ1n) is 7.90. The smallest absolute Gasteiger partial charge is 0.344 e. The molecule has 1 heterocycles. The van der Waals surface area contributed by atoms with Crippen LogP contribution in [0.2, 0.25) is 0 Å². The highest BCUT2D eigenvalue weighted by Crippen LogP contribution is 2.13. The standard InChI is InChI=1S/C18H22N2O4/c1-12(9-10-15-7-5-4-6-8-15)19-16(21)11-23-18(22)17-13(2)20-24-14(17)3/h4-8,12H,9-11H2,1-3H3,(H,19,21)/t12-/m0/s1. The van der Waals surface area contributed by atoms with Crippen molar-refractivity contribution in [2.24, 2.45) is 0 Å². The summed E-state index contributed by atoms with van der Waals surface area (Å²) in [6.45, 7) is 4.89. The topological polar surface area (TPSA) is 81.4 Å². The second-order valence-electron chi connectivity index (χ2n) is 5.77. The van der Waals surface area contributed by atoms with E-state index in [-0.39, 0.29) is 24.1 Å². The fourth-order valence-electron chi connectivity index (χ4n) is 2.39. The van der Waals surface area contributed by atoms with Gasteiger partial charge in [-0.3, -0.25) is 4.79 Å². The molecule has 24 heavy (non-hydrogen) atoms. The maximum absolute atomic E-state index is 11.9. The monoisotopic (exact) mass is 330 g/mol. The first-order valence-corrected chi connectivity index (χ1v) is 7.90. The Labute approximate surface area is 141 Å². The number of aryl methyl sites for hydroxylation is 3. The van der Waals surface area contributed by atoms with Crippen molar-refractivity contribution in [3.05, 3.63) is 52.9 Å². The molecule has 1 N–H and O–H groups in total. The molecule has 0 aliphatic carbocycles. The van der Waals surface area contributed by atoms with Gasteiger partial charge in [-0.25, -0.2) is 4.79 Å². The number of ether oxygens (including phenoxy) is 1. The molecule has 2 aromatic rings. The molecule has 0 saturated carbocycles. The minimum atomic E-state index is -0.599. The van der Waals surface area contributed by atoms with E-state index in [2.05, 4.69) is 22.6 Å². The Bertz CT molecular complexity index is 675. The van der Waals surface area contributed by atoms with Gasteiger partial charge in [-0.2, -0.15) is 0 Å². The van der Waals surface area contributed by atoms with Gasteiger partial charge < -0.3 is 14.6 Å². The highest BCUT2D eigenvalue weighted by Gasteiger charge is 2.20. The van der Waals surface area contributed by atoms with Gasteiger partial charge in [-0.1, -0.05) is 35.5 Å². The molecule has 0 unspecified atom stereocenters. The summed E-state index contributed by atoms with van der Waals surface area (Å²) in [5, 5.41) is 6.51. The van der Waals surface area contributed by atoms with E-state index < -0.39 is 5.97 Å². The minimum absolute atomic E-state index is 0.00419. The van der Waals surface area contributed by atoms with Gasteiger partial charge in [0, 0.05) is 6.04 Å². The normalized spacial score (nSPS) is 11.8. The number of rotatable bonds is 7. The average Bonchev–Trinajstić information content (AvgIpc) is 2.90. The number of nitrogens with one attached hydrogen (secondary N) is 1. The van der Waals surface area contributed by atoms with Gasteiger partial charge >= 0.3 is 5.97 Å². The van der Waals surface area contributed by atoms with E-state index in [1.165, 1.54) is 5.56 Å². The molecule has 0 bridgehead atoms. The van der Waals surface area contributed by atoms with Crippen molar-refractivity contribution in [2.45, 2.75) is 39.7 Å². The molecule has 0 radical (unpaired) electrons. The van der Waals surface area contributed by atoms with Crippen LogP contribution in [0.5, 0.6) is 0 Å². The van der Waals surface area contributed by atoms with Gasteiger partial charge in [0.1, 0.15) is 11.3 Å². The number of carbonyl (C=O) groups excluding carboxylic acids is 2. The van der Waals surface area contributed by atoms with Crippen molar-refractivity contribution >= 4 is 11.9 Å². The van der Waals surface area contributed by atoms with Gasteiger partial charge in [-0.15, -0.1) is 0 Å². The molecule has 0 fully saturated rings. The maximum Gasteiger partial charge on any atom is 0.344 e. The highest BCUT2D eigenvalue weighted by molar-refractivity contribution is 5.93. The zero-order valence-corrected chi connectivity index (χ0v) is 14.2. The second kappa shape index (κ2) is 8.29. The third-order valence-corrected chi connectivity index (χ3v) is 3.69. The summed E-state index contributed by atoms with van der Waals surface area (Å²) in [4.78, 5) is 23.8. The van der Waals surface area contributed by atoms with E-state index >= 15 is 0 Å².